The van der Waals surface area contributed by atoms with Crippen LogP contribution in [0.25, 0.3) is 5.57 Å². The topological polar surface area (TPSA) is 46.5 Å². The number of ether oxygens (including phenoxy) is 1. The largest absolute Gasteiger partial charge is 0.507 e. The van der Waals surface area contributed by atoms with Gasteiger partial charge < -0.3 is 9.84 Å². The van der Waals surface area contributed by atoms with Crippen molar-refractivity contribution in [1.82, 2.24) is 0 Å². The molecule has 0 aromatic heterocycles. The van der Waals surface area contributed by atoms with E-state index in [9.17, 15) is 9.90 Å². The first-order valence-electron chi connectivity index (χ1n) is 12.4. The minimum atomic E-state index is 0.0881. The summed E-state index contributed by atoms with van der Waals surface area (Å²) >= 11 is 0. The second-order valence-corrected chi connectivity index (χ2v) is 9.98. The highest BCUT2D eigenvalue weighted by Gasteiger charge is 2.43. The van der Waals surface area contributed by atoms with Crippen LogP contribution in [0.15, 0.2) is 48.5 Å². The van der Waals surface area contributed by atoms with Crippen molar-refractivity contribution < 1.29 is 14.6 Å². The third-order valence-corrected chi connectivity index (χ3v) is 7.82. The predicted octanol–water partition coefficient (Wildman–Crippen LogP) is 6.83. The van der Waals surface area contributed by atoms with Gasteiger partial charge in [-0.2, -0.15) is 0 Å². The minimum Gasteiger partial charge on any atom is -0.507 e. The van der Waals surface area contributed by atoms with Crippen molar-refractivity contribution >= 4 is 11.4 Å². The van der Waals surface area contributed by atoms with E-state index >= 15 is 0 Å². The molecule has 3 heteroatoms. The first-order chi connectivity index (χ1) is 15.6. The number of benzene rings is 2. The van der Waals surface area contributed by atoms with E-state index in [0.717, 1.165) is 42.6 Å². The zero-order valence-electron chi connectivity index (χ0n) is 19.1. The molecule has 3 aliphatic carbocycles. The highest BCUT2D eigenvalue weighted by molar-refractivity contribution is 6.00. The number of hydrogen-bond donors (Lipinski definition) is 1. The number of ketones is 1. The van der Waals surface area contributed by atoms with Crippen LogP contribution in [0.1, 0.15) is 80.9 Å². The third kappa shape index (κ3) is 4.22. The van der Waals surface area contributed by atoms with E-state index in [4.69, 9.17) is 4.74 Å². The molecule has 0 saturated heterocycles. The minimum absolute atomic E-state index is 0.0881. The summed E-state index contributed by atoms with van der Waals surface area (Å²) in [7, 11) is 0. The van der Waals surface area contributed by atoms with E-state index in [-0.39, 0.29) is 17.6 Å². The van der Waals surface area contributed by atoms with Crippen LogP contribution in [-0.2, 0) is 11.2 Å². The summed E-state index contributed by atoms with van der Waals surface area (Å²) in [6.07, 6.45) is 11.5. The van der Waals surface area contributed by atoms with Gasteiger partial charge in [-0.25, -0.2) is 0 Å². The fraction of sp³-hybridized carbons (Fsp3) is 0.483. The van der Waals surface area contributed by atoms with Gasteiger partial charge in [0.15, 0.2) is 5.78 Å². The Morgan fingerprint density at radius 2 is 1.88 bits per heavy atom. The second-order valence-electron chi connectivity index (χ2n) is 9.98. The monoisotopic (exact) mass is 430 g/mol. The lowest BCUT2D eigenvalue weighted by molar-refractivity contribution is -0.115. The van der Waals surface area contributed by atoms with Crippen molar-refractivity contribution in [2.75, 3.05) is 0 Å². The van der Waals surface area contributed by atoms with Gasteiger partial charge >= 0.3 is 0 Å². The van der Waals surface area contributed by atoms with E-state index in [2.05, 4.69) is 43.3 Å². The average molecular weight is 431 g/mol. The third-order valence-electron chi connectivity index (χ3n) is 7.82. The molecule has 1 N–H and O–H groups in total. The zero-order chi connectivity index (χ0) is 22.1. The summed E-state index contributed by atoms with van der Waals surface area (Å²) in [6, 6.07) is 14.5. The summed E-state index contributed by atoms with van der Waals surface area (Å²) in [6.45, 7) is 2.11. The van der Waals surface area contributed by atoms with Crippen molar-refractivity contribution in [3.05, 3.63) is 65.2 Å². The van der Waals surface area contributed by atoms with Gasteiger partial charge in [-0.05, 0) is 92.0 Å². The SMILES string of the molecule is CC(CCCc1ccccc1)Oc1cc(O)c2c(c1)C1CCCCC1C1CCC(=O)C=C21. The lowest BCUT2D eigenvalue weighted by Crippen LogP contribution is -2.33. The normalized spacial score (nSPS) is 25.2. The Balaban J connectivity index is 1.36. The molecule has 168 valence electrons. The molecule has 2 aromatic rings. The van der Waals surface area contributed by atoms with Crippen LogP contribution in [0.2, 0.25) is 0 Å². The number of aromatic hydroxyl groups is 1. The van der Waals surface area contributed by atoms with Crippen LogP contribution < -0.4 is 4.74 Å². The van der Waals surface area contributed by atoms with Gasteiger partial charge in [0.05, 0.1) is 6.10 Å². The number of fused-ring (bicyclic) bond motifs is 6. The number of carbonyl (C=O) groups excluding carboxylic acids is 1. The summed E-state index contributed by atoms with van der Waals surface area (Å²) in [4.78, 5) is 12.2. The molecule has 5 rings (SSSR count). The standard InChI is InChI=1S/C29H34O3/c1-19(8-7-11-20-9-3-2-4-10-20)32-22-17-27-24-13-6-5-12-23(24)25-15-14-21(30)16-26(25)29(27)28(31)18-22/h2-4,9-10,16-19,23-25,31H,5-8,11-15H2,1H3. The van der Waals surface area contributed by atoms with Crippen LogP contribution in [0.4, 0.5) is 0 Å². The van der Waals surface area contributed by atoms with Crippen molar-refractivity contribution in [3.8, 4) is 11.5 Å². The molecule has 0 aliphatic heterocycles. The van der Waals surface area contributed by atoms with Crippen LogP contribution in [0, 0.1) is 11.8 Å². The van der Waals surface area contributed by atoms with Gasteiger partial charge in [0.2, 0.25) is 0 Å². The Morgan fingerprint density at radius 1 is 1.06 bits per heavy atom. The van der Waals surface area contributed by atoms with E-state index in [1.165, 1.54) is 36.8 Å². The number of allylic oxidation sites excluding steroid dienone is 2. The van der Waals surface area contributed by atoms with Crippen LogP contribution in [0.5, 0.6) is 11.5 Å². The number of hydrogen-bond acceptors (Lipinski definition) is 3. The smallest absolute Gasteiger partial charge is 0.156 e. The van der Waals surface area contributed by atoms with Crippen molar-refractivity contribution in [1.29, 1.82) is 0 Å². The number of phenolic OH excluding ortho intramolecular Hbond substituents is 1. The number of rotatable bonds is 6. The summed E-state index contributed by atoms with van der Waals surface area (Å²) < 4.78 is 6.29. The molecular weight excluding hydrogens is 396 g/mol. The molecule has 0 bridgehead atoms. The van der Waals surface area contributed by atoms with Crippen molar-refractivity contribution in [3.63, 3.8) is 0 Å². The molecule has 0 spiro atoms. The Kier molecular flexibility index (Phi) is 6.08. The molecule has 4 atom stereocenters. The maximum Gasteiger partial charge on any atom is 0.156 e. The molecule has 4 unspecified atom stereocenters. The molecule has 0 radical (unpaired) electrons. The Morgan fingerprint density at radius 3 is 2.72 bits per heavy atom. The quantitative estimate of drug-likeness (QED) is 0.546. The molecule has 2 aromatic carbocycles. The van der Waals surface area contributed by atoms with Crippen LogP contribution >= 0.6 is 0 Å². The van der Waals surface area contributed by atoms with E-state index < -0.39 is 0 Å². The fourth-order valence-electron chi connectivity index (χ4n) is 6.36. The lowest BCUT2D eigenvalue weighted by Gasteiger charge is -2.45. The number of carbonyl (C=O) groups is 1. The van der Waals surface area contributed by atoms with Gasteiger partial charge in [-0.3, -0.25) is 4.79 Å². The summed E-state index contributed by atoms with van der Waals surface area (Å²) in [5.74, 6) is 2.72. The first kappa shape index (κ1) is 21.3. The zero-order valence-corrected chi connectivity index (χ0v) is 19.1. The molecule has 1 saturated carbocycles. The predicted molar refractivity (Wildman–Crippen MR) is 128 cm³/mol. The van der Waals surface area contributed by atoms with Crippen molar-refractivity contribution in [2.24, 2.45) is 11.8 Å². The number of aryl methyl sites for hydroxylation is 1. The Labute approximate surface area is 191 Å². The first-order valence-corrected chi connectivity index (χ1v) is 12.4. The molecule has 3 nitrogen and oxygen atoms in total. The van der Waals surface area contributed by atoms with Gasteiger partial charge in [-0.1, -0.05) is 43.2 Å². The van der Waals surface area contributed by atoms with Gasteiger partial charge in [0, 0.05) is 18.1 Å². The summed E-state index contributed by atoms with van der Waals surface area (Å²) in [5, 5.41) is 11.1. The average Bonchev–Trinajstić information content (AvgIpc) is 2.79. The molecule has 0 amide bonds. The maximum atomic E-state index is 12.2. The summed E-state index contributed by atoms with van der Waals surface area (Å²) in [5.41, 5.74) is 4.58. The molecular formula is C29H34O3. The van der Waals surface area contributed by atoms with Crippen molar-refractivity contribution in [2.45, 2.75) is 76.7 Å². The van der Waals surface area contributed by atoms with Gasteiger partial charge in [0.1, 0.15) is 11.5 Å². The fourth-order valence-corrected chi connectivity index (χ4v) is 6.36. The van der Waals surface area contributed by atoms with Gasteiger partial charge in [0.25, 0.3) is 0 Å². The highest BCUT2D eigenvalue weighted by atomic mass is 16.5. The van der Waals surface area contributed by atoms with E-state index in [1.54, 1.807) is 6.07 Å². The van der Waals surface area contributed by atoms with Crippen LogP contribution in [0.3, 0.4) is 0 Å². The van der Waals surface area contributed by atoms with E-state index in [0.29, 0.717) is 24.2 Å². The number of phenols is 1. The molecule has 3 aliphatic rings. The maximum absolute atomic E-state index is 12.2. The van der Waals surface area contributed by atoms with E-state index in [1.807, 2.05) is 6.08 Å². The van der Waals surface area contributed by atoms with Gasteiger partial charge in [-0.15, -0.1) is 0 Å². The molecule has 0 heterocycles. The molecule has 32 heavy (non-hydrogen) atoms. The Hall–Kier alpha value is -2.55. The second kappa shape index (κ2) is 9.13. The highest BCUT2D eigenvalue weighted by Crippen LogP contribution is 2.57. The van der Waals surface area contributed by atoms with Crippen LogP contribution in [-0.4, -0.2) is 17.0 Å². The lowest BCUT2D eigenvalue weighted by atomic mass is 9.59. The molecule has 1 fully saturated rings. The Bertz CT molecular complexity index is 1010.